The summed E-state index contributed by atoms with van der Waals surface area (Å²) >= 11 is 0. The van der Waals surface area contributed by atoms with Crippen LogP contribution in [0.25, 0.3) is 0 Å². The van der Waals surface area contributed by atoms with Gasteiger partial charge in [0.25, 0.3) is 0 Å². The Balaban J connectivity index is 3.38. The van der Waals surface area contributed by atoms with Crippen molar-refractivity contribution in [3.63, 3.8) is 0 Å². The first kappa shape index (κ1) is 31.5. The molecule has 0 aliphatic heterocycles. The fourth-order valence-electron chi connectivity index (χ4n) is 3.69. The van der Waals surface area contributed by atoms with Gasteiger partial charge >= 0.3 is 12.1 Å². The zero-order valence-corrected chi connectivity index (χ0v) is 22.9. The quantitative estimate of drug-likeness (QED) is 0.235. The number of terminal acetylenes is 1. The zero-order valence-electron chi connectivity index (χ0n) is 22.9. The van der Waals surface area contributed by atoms with E-state index in [1.807, 2.05) is 0 Å². The second-order valence-corrected chi connectivity index (χ2v) is 9.74. The number of carbonyl (C=O) groups is 4. The number of rotatable bonds is 13. The number of hydrogen-bond acceptors (Lipinski definition) is 6. The average molecular weight is 516 g/mol. The van der Waals surface area contributed by atoms with E-state index >= 15 is 0 Å². The van der Waals surface area contributed by atoms with Crippen LogP contribution in [0.15, 0.2) is 24.3 Å². The second-order valence-electron chi connectivity index (χ2n) is 9.74. The van der Waals surface area contributed by atoms with Crippen molar-refractivity contribution >= 4 is 23.9 Å². The van der Waals surface area contributed by atoms with Gasteiger partial charge in [0.1, 0.15) is 24.2 Å². The summed E-state index contributed by atoms with van der Waals surface area (Å²) in [5.41, 5.74) is 0.143. The number of unbranched alkanes of at least 4 members (excludes halogenated alkanes) is 4. The minimum atomic E-state index is -1.13. The van der Waals surface area contributed by atoms with Gasteiger partial charge in [0.15, 0.2) is 0 Å². The maximum atomic E-state index is 13.7. The topological polar surface area (TPSA) is 114 Å². The van der Waals surface area contributed by atoms with Crippen molar-refractivity contribution in [2.24, 2.45) is 0 Å². The van der Waals surface area contributed by atoms with Crippen LogP contribution < -0.4 is 10.6 Å². The molecule has 0 aliphatic carbocycles. The van der Waals surface area contributed by atoms with Crippen LogP contribution in [-0.4, -0.2) is 60.6 Å². The minimum Gasteiger partial charge on any atom is -0.468 e. The number of ether oxygens (including phenoxy) is 2. The molecule has 1 aromatic carbocycles. The van der Waals surface area contributed by atoms with E-state index in [9.17, 15) is 19.2 Å². The third-order valence-corrected chi connectivity index (χ3v) is 5.49. The van der Waals surface area contributed by atoms with Crippen LogP contribution in [0, 0.1) is 12.3 Å². The number of alkyl carbamates (subject to hydrolysis) is 1. The molecule has 0 bridgehead atoms. The molecule has 0 radical (unpaired) electrons. The first-order valence-corrected chi connectivity index (χ1v) is 12.6. The number of benzene rings is 1. The molecule has 9 nitrogen and oxygen atoms in total. The number of amides is 3. The molecule has 9 heteroatoms. The van der Waals surface area contributed by atoms with Crippen LogP contribution in [0.1, 0.15) is 83.9 Å². The van der Waals surface area contributed by atoms with Gasteiger partial charge in [-0.1, -0.05) is 56.7 Å². The summed E-state index contributed by atoms with van der Waals surface area (Å²) in [6.45, 7) is 8.69. The summed E-state index contributed by atoms with van der Waals surface area (Å²) in [6, 6.07) is 4.72. The van der Waals surface area contributed by atoms with Gasteiger partial charge in [0.05, 0.1) is 7.11 Å². The number of esters is 1. The molecule has 0 heterocycles. The Morgan fingerprint density at radius 3 is 2.32 bits per heavy atom. The van der Waals surface area contributed by atoms with Crippen molar-refractivity contribution in [2.45, 2.75) is 84.4 Å². The molecule has 1 aromatic rings. The van der Waals surface area contributed by atoms with Crippen LogP contribution in [0.3, 0.4) is 0 Å². The van der Waals surface area contributed by atoms with E-state index < -0.39 is 41.6 Å². The van der Waals surface area contributed by atoms with Gasteiger partial charge in [-0.25, -0.2) is 4.79 Å². The highest BCUT2D eigenvalue weighted by Crippen LogP contribution is 2.26. The summed E-state index contributed by atoms with van der Waals surface area (Å²) in [5, 5.41) is 5.11. The molecule has 1 rings (SSSR count). The Kier molecular flexibility index (Phi) is 13.2. The molecule has 0 aromatic heterocycles. The lowest BCUT2D eigenvalue weighted by Crippen LogP contribution is -2.52. The molecule has 0 saturated carbocycles. The van der Waals surface area contributed by atoms with Crippen molar-refractivity contribution in [1.82, 2.24) is 15.5 Å². The monoisotopic (exact) mass is 515 g/mol. The van der Waals surface area contributed by atoms with Gasteiger partial charge in [0.2, 0.25) is 11.8 Å². The van der Waals surface area contributed by atoms with Crippen LogP contribution in [0.5, 0.6) is 0 Å². The van der Waals surface area contributed by atoms with Gasteiger partial charge in [-0.3, -0.25) is 14.4 Å². The molecule has 2 N–H and O–H groups in total. The largest absolute Gasteiger partial charge is 0.468 e. The van der Waals surface area contributed by atoms with Crippen LogP contribution in [-0.2, 0) is 23.9 Å². The average Bonchev–Trinajstić information content (AvgIpc) is 2.84. The van der Waals surface area contributed by atoms with Crippen molar-refractivity contribution < 1.29 is 28.7 Å². The summed E-state index contributed by atoms with van der Waals surface area (Å²) in [4.78, 5) is 52.6. The third kappa shape index (κ3) is 10.9. The molecular formula is C28H41N3O6. The van der Waals surface area contributed by atoms with Gasteiger partial charge in [-0.15, -0.1) is 6.42 Å². The number of nitrogens with zero attached hydrogens (tertiary/aromatic N) is 1. The van der Waals surface area contributed by atoms with Crippen LogP contribution in [0.4, 0.5) is 4.79 Å². The lowest BCUT2D eigenvalue weighted by molar-refractivity contribution is -0.144. The number of methoxy groups -OCH3 is 1. The highest BCUT2D eigenvalue weighted by Gasteiger charge is 2.35. The Labute approximate surface area is 220 Å². The van der Waals surface area contributed by atoms with Gasteiger partial charge in [-0.05, 0) is 45.7 Å². The molecule has 0 aliphatic rings. The van der Waals surface area contributed by atoms with E-state index in [0.29, 0.717) is 17.5 Å². The molecule has 0 fully saturated rings. The maximum Gasteiger partial charge on any atom is 0.408 e. The van der Waals surface area contributed by atoms with Crippen molar-refractivity contribution in [2.75, 3.05) is 20.2 Å². The van der Waals surface area contributed by atoms with Gasteiger partial charge < -0.3 is 25.0 Å². The maximum absolute atomic E-state index is 13.7. The Morgan fingerprint density at radius 2 is 1.73 bits per heavy atom. The summed E-state index contributed by atoms with van der Waals surface area (Å²) < 4.78 is 9.93. The van der Waals surface area contributed by atoms with Crippen molar-refractivity contribution in [1.29, 1.82) is 0 Å². The standard InChI is InChI=1S/C28H41N3O6/c1-8-10-11-12-15-18-31(26(34)20(3)30-27(35)37-28(4,5)6)24(25(33)29-19-23(32)36-7)22-17-14-13-16-21(22)9-2/h2,13-14,16-17,20,24H,8,10-12,15,18-19H2,1,3-7H3,(H,29,33)(H,30,35). The van der Waals surface area contributed by atoms with Crippen LogP contribution >= 0.6 is 0 Å². The van der Waals surface area contributed by atoms with Gasteiger partial charge in [0, 0.05) is 12.1 Å². The number of carbonyl (C=O) groups excluding carboxylic acids is 4. The Morgan fingerprint density at radius 1 is 1.08 bits per heavy atom. The van der Waals surface area contributed by atoms with Crippen LogP contribution in [0.2, 0.25) is 0 Å². The van der Waals surface area contributed by atoms with E-state index in [2.05, 4.69) is 28.2 Å². The molecule has 204 valence electrons. The predicted molar refractivity (Wildman–Crippen MR) is 141 cm³/mol. The van der Waals surface area contributed by atoms with Crippen molar-refractivity contribution in [3.05, 3.63) is 35.4 Å². The van der Waals surface area contributed by atoms with E-state index in [0.717, 1.165) is 25.7 Å². The fraction of sp³-hybridized carbons (Fsp3) is 0.571. The van der Waals surface area contributed by atoms with E-state index in [-0.39, 0.29) is 13.1 Å². The van der Waals surface area contributed by atoms with Crippen molar-refractivity contribution in [3.8, 4) is 12.3 Å². The molecule has 2 atom stereocenters. The highest BCUT2D eigenvalue weighted by molar-refractivity contribution is 5.93. The first-order valence-electron chi connectivity index (χ1n) is 12.6. The summed E-state index contributed by atoms with van der Waals surface area (Å²) in [6.07, 6.45) is 9.59. The normalized spacial score (nSPS) is 12.5. The lowest BCUT2D eigenvalue weighted by atomic mass is 9.97. The SMILES string of the molecule is C#Cc1ccccc1C(C(=O)NCC(=O)OC)N(CCCCCCC)C(=O)C(C)NC(=O)OC(C)(C)C. The molecule has 37 heavy (non-hydrogen) atoms. The molecule has 0 spiro atoms. The first-order chi connectivity index (χ1) is 17.4. The molecule has 0 saturated heterocycles. The third-order valence-electron chi connectivity index (χ3n) is 5.49. The van der Waals surface area contributed by atoms with E-state index in [1.165, 1.54) is 18.9 Å². The minimum absolute atomic E-state index is 0.248. The zero-order chi connectivity index (χ0) is 28.0. The summed E-state index contributed by atoms with van der Waals surface area (Å²) in [7, 11) is 1.22. The molecular weight excluding hydrogens is 474 g/mol. The number of hydrogen-bond donors (Lipinski definition) is 2. The Hall–Kier alpha value is -3.54. The summed E-state index contributed by atoms with van der Waals surface area (Å²) in [5.74, 6) is 0.879. The molecule has 2 unspecified atom stereocenters. The molecule has 3 amide bonds. The predicted octanol–water partition coefficient (Wildman–Crippen LogP) is 3.71. The fourth-order valence-corrected chi connectivity index (χ4v) is 3.69. The number of nitrogens with one attached hydrogen (secondary N) is 2. The highest BCUT2D eigenvalue weighted by atomic mass is 16.6. The van der Waals surface area contributed by atoms with E-state index in [4.69, 9.17) is 11.2 Å². The lowest BCUT2D eigenvalue weighted by Gasteiger charge is -2.34. The van der Waals surface area contributed by atoms with E-state index in [1.54, 1.807) is 45.0 Å². The Bertz CT molecular complexity index is 963. The smallest absolute Gasteiger partial charge is 0.408 e. The second kappa shape index (κ2) is 15.5. The van der Waals surface area contributed by atoms with Gasteiger partial charge in [-0.2, -0.15) is 0 Å².